The highest BCUT2D eigenvalue weighted by atomic mass is 16.5. The summed E-state index contributed by atoms with van der Waals surface area (Å²) in [6.45, 7) is 2.92. The number of para-hydroxylation sites is 2. The number of hydrogen-bond donors (Lipinski definition) is 2. The van der Waals surface area contributed by atoms with Crippen molar-refractivity contribution >= 4 is 17.3 Å². The molecule has 0 saturated heterocycles. The highest BCUT2D eigenvalue weighted by Crippen LogP contribution is 2.29. The monoisotopic (exact) mass is 344 g/mol. The minimum absolute atomic E-state index is 0.0958. The minimum atomic E-state index is -0.0958. The maximum absolute atomic E-state index is 12.2. The van der Waals surface area contributed by atoms with Gasteiger partial charge in [-0.2, -0.15) is 0 Å². The third-order valence-electron chi connectivity index (χ3n) is 3.54. The lowest BCUT2D eigenvalue weighted by atomic mass is 10.2. The molecule has 134 valence electrons. The fourth-order valence-electron chi connectivity index (χ4n) is 2.33. The van der Waals surface area contributed by atoms with Crippen molar-refractivity contribution in [2.45, 2.75) is 13.3 Å². The molecule has 6 nitrogen and oxygen atoms in total. The molecule has 0 aliphatic carbocycles. The number of benzene rings is 2. The third kappa shape index (κ3) is 5.31. The second kappa shape index (κ2) is 9.42. The quantitative estimate of drug-likeness (QED) is 0.728. The molecule has 0 bridgehead atoms. The van der Waals surface area contributed by atoms with E-state index in [4.69, 9.17) is 14.2 Å². The van der Waals surface area contributed by atoms with Crippen molar-refractivity contribution in [2.75, 3.05) is 38.0 Å². The summed E-state index contributed by atoms with van der Waals surface area (Å²) in [5.41, 5.74) is 1.46. The summed E-state index contributed by atoms with van der Waals surface area (Å²) in [5.74, 6) is 1.99. The van der Waals surface area contributed by atoms with E-state index in [0.29, 0.717) is 36.8 Å². The molecule has 2 rings (SSSR count). The number of ether oxygens (including phenoxy) is 3. The van der Waals surface area contributed by atoms with Crippen LogP contribution in [0, 0.1) is 0 Å². The summed E-state index contributed by atoms with van der Waals surface area (Å²) in [4.78, 5) is 12.2. The average Bonchev–Trinajstić information content (AvgIpc) is 2.63. The van der Waals surface area contributed by atoms with Gasteiger partial charge < -0.3 is 24.8 Å². The van der Waals surface area contributed by atoms with Gasteiger partial charge in [0, 0.05) is 19.0 Å². The largest absolute Gasteiger partial charge is 0.497 e. The molecule has 25 heavy (non-hydrogen) atoms. The van der Waals surface area contributed by atoms with Gasteiger partial charge in [-0.05, 0) is 31.2 Å². The zero-order chi connectivity index (χ0) is 18.1. The van der Waals surface area contributed by atoms with E-state index in [0.717, 1.165) is 11.4 Å². The van der Waals surface area contributed by atoms with Crippen molar-refractivity contribution in [1.29, 1.82) is 0 Å². The van der Waals surface area contributed by atoms with Crippen LogP contribution in [0.5, 0.6) is 17.2 Å². The van der Waals surface area contributed by atoms with Crippen molar-refractivity contribution in [3.8, 4) is 17.2 Å². The molecule has 2 aromatic rings. The Kier molecular flexibility index (Phi) is 6.95. The van der Waals surface area contributed by atoms with Crippen LogP contribution in [-0.4, -0.2) is 33.3 Å². The standard InChI is InChI=1S/C19H24N2O4/c1-4-25-18-8-6-5-7-15(18)21-19(22)11-12-20-16-13-14(23-2)9-10-17(16)24-3/h5-10,13,20H,4,11-12H2,1-3H3,(H,21,22). The van der Waals surface area contributed by atoms with Crippen molar-refractivity contribution in [1.82, 2.24) is 0 Å². The predicted octanol–water partition coefficient (Wildman–Crippen LogP) is 3.54. The highest BCUT2D eigenvalue weighted by molar-refractivity contribution is 5.92. The molecule has 0 heterocycles. The van der Waals surface area contributed by atoms with Crippen LogP contribution in [0.3, 0.4) is 0 Å². The van der Waals surface area contributed by atoms with E-state index in [9.17, 15) is 4.79 Å². The van der Waals surface area contributed by atoms with Gasteiger partial charge in [-0.25, -0.2) is 0 Å². The Hall–Kier alpha value is -2.89. The second-order valence-electron chi connectivity index (χ2n) is 5.22. The molecule has 2 N–H and O–H groups in total. The molecule has 0 saturated carbocycles. The Morgan fingerprint density at radius 2 is 1.80 bits per heavy atom. The lowest BCUT2D eigenvalue weighted by molar-refractivity contribution is -0.116. The molecule has 0 atom stereocenters. The Morgan fingerprint density at radius 1 is 1.00 bits per heavy atom. The number of rotatable bonds is 9. The molecule has 2 aromatic carbocycles. The van der Waals surface area contributed by atoms with E-state index < -0.39 is 0 Å². The van der Waals surface area contributed by atoms with Gasteiger partial charge in [0.15, 0.2) is 0 Å². The second-order valence-corrected chi connectivity index (χ2v) is 5.22. The molecule has 0 unspecified atom stereocenters. The highest BCUT2D eigenvalue weighted by Gasteiger charge is 2.09. The van der Waals surface area contributed by atoms with Gasteiger partial charge in [0.05, 0.1) is 32.2 Å². The first-order chi connectivity index (χ1) is 12.2. The Labute approximate surface area is 148 Å². The number of anilines is 2. The van der Waals surface area contributed by atoms with E-state index in [1.165, 1.54) is 0 Å². The van der Waals surface area contributed by atoms with E-state index in [1.807, 2.05) is 49.4 Å². The van der Waals surface area contributed by atoms with Crippen LogP contribution < -0.4 is 24.8 Å². The number of nitrogens with one attached hydrogen (secondary N) is 2. The van der Waals surface area contributed by atoms with E-state index >= 15 is 0 Å². The number of hydrogen-bond acceptors (Lipinski definition) is 5. The van der Waals surface area contributed by atoms with Crippen molar-refractivity contribution < 1.29 is 19.0 Å². The first-order valence-electron chi connectivity index (χ1n) is 8.15. The summed E-state index contributed by atoms with van der Waals surface area (Å²) in [7, 11) is 3.21. The maximum Gasteiger partial charge on any atom is 0.226 e. The number of carbonyl (C=O) groups excluding carboxylic acids is 1. The summed E-state index contributed by atoms with van der Waals surface area (Å²) in [6, 6.07) is 12.9. The molecule has 0 fully saturated rings. The van der Waals surface area contributed by atoms with Gasteiger partial charge in [0.1, 0.15) is 17.2 Å². The van der Waals surface area contributed by atoms with Crippen molar-refractivity contribution in [3.05, 3.63) is 42.5 Å². The Morgan fingerprint density at radius 3 is 2.52 bits per heavy atom. The van der Waals surface area contributed by atoms with Gasteiger partial charge in [-0.1, -0.05) is 12.1 Å². The lowest BCUT2D eigenvalue weighted by Gasteiger charge is -2.13. The molecule has 0 aromatic heterocycles. The summed E-state index contributed by atoms with van der Waals surface area (Å²) < 4.78 is 16.0. The maximum atomic E-state index is 12.2. The first kappa shape index (κ1) is 18.4. The van der Waals surface area contributed by atoms with Crippen molar-refractivity contribution in [3.63, 3.8) is 0 Å². The van der Waals surface area contributed by atoms with E-state index in [-0.39, 0.29) is 5.91 Å². The molecular formula is C19H24N2O4. The SMILES string of the molecule is CCOc1ccccc1NC(=O)CCNc1cc(OC)ccc1OC. The van der Waals surface area contributed by atoms with E-state index in [1.54, 1.807) is 14.2 Å². The lowest BCUT2D eigenvalue weighted by Crippen LogP contribution is -2.17. The minimum Gasteiger partial charge on any atom is -0.497 e. The van der Waals surface area contributed by atoms with Crippen LogP contribution in [0.1, 0.15) is 13.3 Å². The smallest absolute Gasteiger partial charge is 0.226 e. The van der Waals surface area contributed by atoms with Gasteiger partial charge in [0.2, 0.25) is 5.91 Å². The molecule has 6 heteroatoms. The predicted molar refractivity (Wildman–Crippen MR) is 98.9 cm³/mol. The molecule has 0 radical (unpaired) electrons. The molecule has 0 aliphatic heterocycles. The zero-order valence-electron chi connectivity index (χ0n) is 14.8. The fraction of sp³-hybridized carbons (Fsp3) is 0.316. The van der Waals surface area contributed by atoms with Crippen LogP contribution in [0.2, 0.25) is 0 Å². The molecule has 1 amide bonds. The Balaban J connectivity index is 1.91. The van der Waals surface area contributed by atoms with Gasteiger partial charge >= 0.3 is 0 Å². The van der Waals surface area contributed by atoms with Crippen LogP contribution in [-0.2, 0) is 4.79 Å². The average molecular weight is 344 g/mol. The Bertz CT molecular complexity index is 704. The topological polar surface area (TPSA) is 68.8 Å². The van der Waals surface area contributed by atoms with Crippen molar-refractivity contribution in [2.24, 2.45) is 0 Å². The zero-order valence-corrected chi connectivity index (χ0v) is 14.8. The number of carbonyl (C=O) groups is 1. The van der Waals surface area contributed by atoms with Crippen LogP contribution in [0.15, 0.2) is 42.5 Å². The molecular weight excluding hydrogens is 320 g/mol. The van der Waals surface area contributed by atoms with Crippen LogP contribution >= 0.6 is 0 Å². The number of amides is 1. The van der Waals surface area contributed by atoms with Gasteiger partial charge in [-0.3, -0.25) is 4.79 Å². The summed E-state index contributed by atoms with van der Waals surface area (Å²) in [6.07, 6.45) is 0.306. The summed E-state index contributed by atoms with van der Waals surface area (Å²) in [5, 5.41) is 6.07. The summed E-state index contributed by atoms with van der Waals surface area (Å²) >= 11 is 0. The fourth-order valence-corrected chi connectivity index (χ4v) is 2.33. The van der Waals surface area contributed by atoms with Gasteiger partial charge in [0.25, 0.3) is 0 Å². The number of methoxy groups -OCH3 is 2. The van der Waals surface area contributed by atoms with Crippen LogP contribution in [0.4, 0.5) is 11.4 Å². The third-order valence-corrected chi connectivity index (χ3v) is 3.54. The van der Waals surface area contributed by atoms with E-state index in [2.05, 4.69) is 10.6 Å². The molecule has 0 aliphatic rings. The molecule has 0 spiro atoms. The normalized spacial score (nSPS) is 10.0. The van der Waals surface area contributed by atoms with Crippen LogP contribution in [0.25, 0.3) is 0 Å². The first-order valence-corrected chi connectivity index (χ1v) is 8.15. The van der Waals surface area contributed by atoms with Gasteiger partial charge in [-0.15, -0.1) is 0 Å².